The second-order valence-electron chi connectivity index (χ2n) is 5.03. The summed E-state index contributed by atoms with van der Waals surface area (Å²) < 4.78 is 0. The predicted molar refractivity (Wildman–Crippen MR) is 79.9 cm³/mol. The summed E-state index contributed by atoms with van der Waals surface area (Å²) in [7, 11) is 0. The first-order valence-corrected chi connectivity index (χ1v) is 7.66. The van der Waals surface area contributed by atoms with Crippen molar-refractivity contribution in [1.82, 2.24) is 10.6 Å². The Hall–Kier alpha value is -1.56. The lowest BCUT2D eigenvalue weighted by atomic mass is 10.0. The molecule has 0 saturated carbocycles. The van der Waals surface area contributed by atoms with Gasteiger partial charge in [0.1, 0.15) is 6.04 Å². The van der Waals surface area contributed by atoms with Crippen LogP contribution in [-0.2, 0) is 4.79 Å². The van der Waals surface area contributed by atoms with Crippen LogP contribution in [0.4, 0.5) is 4.79 Å². The molecule has 0 spiro atoms. The Kier molecular flexibility index (Phi) is 6.51. The van der Waals surface area contributed by atoms with E-state index < -0.39 is 18.0 Å². The average Bonchev–Trinajstić information content (AvgIpc) is 2.88. The molecule has 20 heavy (non-hydrogen) atoms. The lowest BCUT2D eigenvalue weighted by Gasteiger charge is -2.23. The fraction of sp³-hybridized carbons (Fsp3) is 0.571. The van der Waals surface area contributed by atoms with Gasteiger partial charge in [-0.3, -0.25) is 0 Å². The lowest BCUT2D eigenvalue weighted by molar-refractivity contribution is -0.139. The topological polar surface area (TPSA) is 78.4 Å². The molecule has 2 amide bonds. The van der Waals surface area contributed by atoms with Crippen LogP contribution in [0.2, 0.25) is 0 Å². The highest BCUT2D eigenvalue weighted by Crippen LogP contribution is 2.25. The number of carboxylic acid groups (broad SMARTS) is 1. The third-order valence-electron chi connectivity index (χ3n) is 2.98. The zero-order chi connectivity index (χ0) is 15.1. The fourth-order valence-corrected chi connectivity index (χ4v) is 2.87. The van der Waals surface area contributed by atoms with Gasteiger partial charge in [0.2, 0.25) is 0 Å². The van der Waals surface area contributed by atoms with Gasteiger partial charge in [0.25, 0.3) is 0 Å². The minimum atomic E-state index is -1.00. The van der Waals surface area contributed by atoms with Crippen LogP contribution in [0.15, 0.2) is 17.5 Å². The maximum atomic E-state index is 12.0. The Balaban J connectivity index is 2.65. The third-order valence-corrected chi connectivity index (χ3v) is 3.94. The number of carbonyl (C=O) groups is 2. The largest absolute Gasteiger partial charge is 0.480 e. The minimum Gasteiger partial charge on any atom is -0.480 e. The highest BCUT2D eigenvalue weighted by atomic mass is 32.1. The molecular weight excluding hydrogens is 276 g/mol. The van der Waals surface area contributed by atoms with Gasteiger partial charge in [0.05, 0.1) is 6.04 Å². The molecule has 1 aromatic heterocycles. The summed E-state index contributed by atoms with van der Waals surface area (Å²) in [5.74, 6) is -0.770. The Morgan fingerprint density at radius 1 is 1.35 bits per heavy atom. The number of hydrogen-bond donors (Lipinski definition) is 3. The van der Waals surface area contributed by atoms with Crippen LogP contribution in [0.1, 0.15) is 44.5 Å². The van der Waals surface area contributed by atoms with Crippen LogP contribution < -0.4 is 10.6 Å². The minimum absolute atomic E-state index is 0.105. The summed E-state index contributed by atoms with van der Waals surface area (Å²) >= 11 is 1.58. The van der Waals surface area contributed by atoms with E-state index in [9.17, 15) is 9.59 Å². The maximum absolute atomic E-state index is 12.0. The molecule has 0 aromatic carbocycles. The number of nitrogens with one attached hydrogen (secondary N) is 2. The summed E-state index contributed by atoms with van der Waals surface area (Å²) in [5.41, 5.74) is 0. The van der Waals surface area contributed by atoms with Crippen molar-refractivity contribution in [1.29, 1.82) is 0 Å². The summed E-state index contributed by atoms with van der Waals surface area (Å²) in [6.07, 6.45) is 1.13. The van der Waals surface area contributed by atoms with Crippen molar-refractivity contribution in [2.45, 2.75) is 45.7 Å². The molecule has 2 unspecified atom stereocenters. The van der Waals surface area contributed by atoms with E-state index in [1.54, 1.807) is 11.3 Å². The van der Waals surface area contributed by atoms with Crippen molar-refractivity contribution in [2.75, 3.05) is 0 Å². The van der Waals surface area contributed by atoms with E-state index in [1.807, 2.05) is 38.3 Å². The molecule has 0 radical (unpaired) electrons. The standard InChI is InChI=1S/C14H22N2O3S/c1-4-6-10(13(17)18)15-14(19)16-12(9(2)3)11-7-5-8-20-11/h5,7-10,12H,4,6H2,1-3H3,(H,17,18)(H2,15,16,19). The van der Waals surface area contributed by atoms with E-state index in [4.69, 9.17) is 5.11 Å². The highest BCUT2D eigenvalue weighted by molar-refractivity contribution is 7.10. The van der Waals surface area contributed by atoms with Crippen LogP contribution in [-0.4, -0.2) is 23.1 Å². The van der Waals surface area contributed by atoms with Gasteiger partial charge in [-0.25, -0.2) is 9.59 Å². The molecule has 112 valence electrons. The molecule has 1 aromatic rings. The van der Waals surface area contributed by atoms with Gasteiger partial charge in [-0.1, -0.05) is 33.3 Å². The van der Waals surface area contributed by atoms with E-state index >= 15 is 0 Å². The van der Waals surface area contributed by atoms with Crippen molar-refractivity contribution in [2.24, 2.45) is 5.92 Å². The van der Waals surface area contributed by atoms with Gasteiger partial charge in [-0.15, -0.1) is 11.3 Å². The highest BCUT2D eigenvalue weighted by Gasteiger charge is 2.23. The normalized spacial score (nSPS) is 13.8. The number of carboxylic acids is 1. The number of amides is 2. The van der Waals surface area contributed by atoms with E-state index in [2.05, 4.69) is 10.6 Å². The van der Waals surface area contributed by atoms with Crippen LogP contribution >= 0.6 is 11.3 Å². The van der Waals surface area contributed by atoms with Crippen LogP contribution in [0, 0.1) is 5.92 Å². The van der Waals surface area contributed by atoms with Gasteiger partial charge in [0.15, 0.2) is 0 Å². The quantitative estimate of drug-likeness (QED) is 0.724. The number of rotatable bonds is 7. The van der Waals surface area contributed by atoms with E-state index in [-0.39, 0.29) is 12.0 Å². The number of hydrogen-bond acceptors (Lipinski definition) is 3. The Morgan fingerprint density at radius 2 is 2.05 bits per heavy atom. The number of urea groups is 1. The van der Waals surface area contributed by atoms with Crippen LogP contribution in [0.3, 0.4) is 0 Å². The second-order valence-corrected chi connectivity index (χ2v) is 6.01. The van der Waals surface area contributed by atoms with E-state index in [0.29, 0.717) is 12.8 Å². The van der Waals surface area contributed by atoms with Crippen molar-refractivity contribution < 1.29 is 14.7 Å². The van der Waals surface area contributed by atoms with Crippen LogP contribution in [0.25, 0.3) is 0 Å². The summed E-state index contributed by atoms with van der Waals surface area (Å²) in [6.45, 7) is 5.93. The molecule has 0 fully saturated rings. The molecule has 2 atom stereocenters. The second kappa shape index (κ2) is 7.89. The fourth-order valence-electron chi connectivity index (χ4n) is 1.92. The molecule has 0 aliphatic carbocycles. The third kappa shape index (κ3) is 4.85. The Bertz CT molecular complexity index is 432. The summed E-state index contributed by atoms with van der Waals surface area (Å²) in [6, 6.07) is 2.53. The molecule has 0 aliphatic rings. The molecule has 3 N–H and O–H groups in total. The smallest absolute Gasteiger partial charge is 0.326 e. The van der Waals surface area contributed by atoms with Crippen molar-refractivity contribution in [3.05, 3.63) is 22.4 Å². The van der Waals surface area contributed by atoms with Gasteiger partial charge < -0.3 is 15.7 Å². The number of aliphatic carboxylic acids is 1. The molecule has 5 nitrogen and oxygen atoms in total. The van der Waals surface area contributed by atoms with Crippen molar-refractivity contribution in [3.63, 3.8) is 0 Å². The monoisotopic (exact) mass is 298 g/mol. The van der Waals surface area contributed by atoms with E-state index in [1.165, 1.54) is 0 Å². The zero-order valence-corrected chi connectivity index (χ0v) is 12.9. The first-order valence-electron chi connectivity index (χ1n) is 6.79. The van der Waals surface area contributed by atoms with Gasteiger partial charge >= 0.3 is 12.0 Å². The Labute approximate surface area is 123 Å². The number of carbonyl (C=O) groups excluding carboxylic acids is 1. The first-order chi connectivity index (χ1) is 9.45. The molecule has 1 rings (SSSR count). The molecule has 0 bridgehead atoms. The SMILES string of the molecule is CCCC(NC(=O)NC(c1cccs1)C(C)C)C(=O)O. The van der Waals surface area contributed by atoms with E-state index in [0.717, 1.165) is 4.88 Å². The van der Waals surface area contributed by atoms with Crippen LogP contribution in [0.5, 0.6) is 0 Å². The summed E-state index contributed by atoms with van der Waals surface area (Å²) in [4.78, 5) is 24.1. The molecular formula is C14H22N2O3S. The molecule has 6 heteroatoms. The van der Waals surface area contributed by atoms with Gasteiger partial charge in [-0.05, 0) is 23.8 Å². The molecule has 0 aliphatic heterocycles. The average molecular weight is 298 g/mol. The first kappa shape index (κ1) is 16.5. The van der Waals surface area contributed by atoms with Gasteiger partial charge in [-0.2, -0.15) is 0 Å². The molecule has 1 heterocycles. The Morgan fingerprint density at radius 3 is 2.50 bits per heavy atom. The molecule has 0 saturated heterocycles. The predicted octanol–water partition coefficient (Wildman–Crippen LogP) is 3.00. The maximum Gasteiger partial charge on any atom is 0.326 e. The zero-order valence-electron chi connectivity index (χ0n) is 12.1. The summed E-state index contributed by atoms with van der Waals surface area (Å²) in [5, 5.41) is 16.4. The number of thiophene rings is 1. The lowest BCUT2D eigenvalue weighted by Crippen LogP contribution is -2.47. The van der Waals surface area contributed by atoms with Crippen molar-refractivity contribution >= 4 is 23.3 Å². The van der Waals surface area contributed by atoms with Gasteiger partial charge in [0, 0.05) is 4.88 Å². The van der Waals surface area contributed by atoms with Crippen molar-refractivity contribution in [3.8, 4) is 0 Å².